The third-order valence-electron chi connectivity index (χ3n) is 4.65. The lowest BCUT2D eigenvalue weighted by atomic mass is 9.95. The van der Waals surface area contributed by atoms with Crippen LogP contribution < -0.4 is 9.47 Å². The molecular weight excluding hydrogens is 316 g/mol. The van der Waals surface area contributed by atoms with Gasteiger partial charge in [0.2, 0.25) is 0 Å². The smallest absolute Gasteiger partial charge is 0.122 e. The van der Waals surface area contributed by atoms with Crippen LogP contribution in [0.25, 0.3) is 0 Å². The molecule has 1 aliphatic heterocycles. The number of methoxy groups -OCH3 is 2. The summed E-state index contributed by atoms with van der Waals surface area (Å²) >= 11 is 0. The number of rotatable bonds is 7. The Balaban J connectivity index is 2.08. The van der Waals surface area contributed by atoms with Crippen molar-refractivity contribution in [3.8, 4) is 11.5 Å². The predicted octanol–water partition coefficient (Wildman–Crippen LogP) is 2.62. The first-order valence-electron chi connectivity index (χ1n) is 9.14. The molecule has 0 unspecified atom stereocenters. The molecule has 0 saturated carbocycles. The fraction of sp³-hybridized carbons (Fsp3) is 0.700. The van der Waals surface area contributed by atoms with Gasteiger partial charge in [-0.1, -0.05) is 20.8 Å². The minimum Gasteiger partial charge on any atom is -0.497 e. The van der Waals surface area contributed by atoms with Crippen LogP contribution >= 0.6 is 0 Å². The monoisotopic (exact) mass is 350 g/mol. The molecule has 1 fully saturated rings. The van der Waals surface area contributed by atoms with Crippen LogP contribution in [0.1, 0.15) is 32.8 Å². The molecular formula is C20H34N2O3. The molecule has 1 aliphatic rings. The van der Waals surface area contributed by atoms with E-state index in [0.29, 0.717) is 11.5 Å². The summed E-state index contributed by atoms with van der Waals surface area (Å²) in [6.07, 6.45) is 0.807. The third-order valence-corrected chi connectivity index (χ3v) is 4.65. The summed E-state index contributed by atoms with van der Waals surface area (Å²) in [6.45, 7) is 12.1. The van der Waals surface area contributed by atoms with E-state index in [9.17, 15) is 5.11 Å². The second kappa shape index (κ2) is 8.88. The normalized spacial score (nSPS) is 19.8. The molecule has 25 heavy (non-hydrogen) atoms. The molecule has 0 spiro atoms. The Kier molecular flexibility index (Phi) is 7.11. The molecule has 0 amide bonds. The number of ether oxygens (including phenoxy) is 2. The zero-order valence-corrected chi connectivity index (χ0v) is 16.4. The van der Waals surface area contributed by atoms with E-state index in [1.807, 2.05) is 6.07 Å². The lowest BCUT2D eigenvalue weighted by Gasteiger charge is -2.43. The number of aliphatic hydroxyl groups is 1. The molecule has 0 aliphatic carbocycles. The molecule has 2 rings (SSSR count). The molecule has 1 atom stereocenters. The average molecular weight is 351 g/mol. The summed E-state index contributed by atoms with van der Waals surface area (Å²) in [5, 5.41) is 9.50. The first-order valence-corrected chi connectivity index (χ1v) is 9.14. The Morgan fingerprint density at radius 1 is 1.08 bits per heavy atom. The van der Waals surface area contributed by atoms with Crippen molar-refractivity contribution in [1.82, 2.24) is 9.80 Å². The zero-order valence-electron chi connectivity index (χ0n) is 16.4. The highest BCUT2D eigenvalue weighted by Gasteiger charge is 2.28. The molecule has 5 nitrogen and oxygen atoms in total. The number of piperazine rings is 1. The second-order valence-electron chi connectivity index (χ2n) is 8.15. The molecule has 0 radical (unpaired) electrons. The Hall–Kier alpha value is -1.30. The van der Waals surface area contributed by atoms with E-state index >= 15 is 0 Å². The summed E-state index contributed by atoms with van der Waals surface area (Å²) in [5.74, 6) is 1.64. The number of nitrogens with zero attached hydrogens (tertiary/aromatic N) is 2. The van der Waals surface area contributed by atoms with Crippen molar-refractivity contribution in [3.05, 3.63) is 23.8 Å². The van der Waals surface area contributed by atoms with Gasteiger partial charge in [-0.25, -0.2) is 0 Å². The highest BCUT2D eigenvalue weighted by atomic mass is 16.5. The number of hydrogen-bond donors (Lipinski definition) is 1. The SMILES string of the molecule is COc1cc(CN2CCN(CC(C)(C)C)C[C@@H]2CCO)cc(OC)c1. The van der Waals surface area contributed by atoms with E-state index < -0.39 is 0 Å². The van der Waals surface area contributed by atoms with Crippen molar-refractivity contribution in [1.29, 1.82) is 0 Å². The zero-order chi connectivity index (χ0) is 18.4. The Morgan fingerprint density at radius 2 is 1.72 bits per heavy atom. The van der Waals surface area contributed by atoms with Gasteiger partial charge < -0.3 is 14.6 Å². The molecule has 1 N–H and O–H groups in total. The van der Waals surface area contributed by atoms with Gasteiger partial charge in [-0.05, 0) is 29.5 Å². The van der Waals surface area contributed by atoms with Gasteiger partial charge >= 0.3 is 0 Å². The van der Waals surface area contributed by atoms with Crippen molar-refractivity contribution in [2.75, 3.05) is 47.0 Å². The minimum atomic E-state index is 0.228. The minimum absolute atomic E-state index is 0.228. The van der Waals surface area contributed by atoms with E-state index in [-0.39, 0.29) is 6.61 Å². The number of hydrogen-bond acceptors (Lipinski definition) is 5. The standard InChI is InChI=1S/C20H34N2O3/c1-20(2,3)15-21-7-8-22(17(14-21)6-9-23)13-16-10-18(24-4)12-19(11-16)25-5/h10-12,17,23H,6-9,13-15H2,1-5H3/t17-/m0/s1. The van der Waals surface area contributed by atoms with Gasteiger partial charge in [0.25, 0.3) is 0 Å². The van der Waals surface area contributed by atoms with Crippen molar-refractivity contribution in [2.45, 2.75) is 39.8 Å². The molecule has 0 bridgehead atoms. The highest BCUT2D eigenvalue weighted by molar-refractivity contribution is 5.38. The van der Waals surface area contributed by atoms with Crippen LogP contribution in [0.4, 0.5) is 0 Å². The van der Waals surface area contributed by atoms with Crippen LogP contribution in [-0.2, 0) is 6.54 Å². The maximum absolute atomic E-state index is 9.50. The van der Waals surface area contributed by atoms with Crippen LogP contribution in [0.5, 0.6) is 11.5 Å². The largest absolute Gasteiger partial charge is 0.497 e. The summed E-state index contributed by atoms with van der Waals surface area (Å²) < 4.78 is 10.8. The van der Waals surface area contributed by atoms with Gasteiger partial charge in [0.1, 0.15) is 11.5 Å². The summed E-state index contributed by atoms with van der Waals surface area (Å²) in [5.41, 5.74) is 1.48. The van der Waals surface area contributed by atoms with Crippen LogP contribution in [-0.4, -0.2) is 68.0 Å². The summed E-state index contributed by atoms with van der Waals surface area (Å²) in [7, 11) is 3.36. The average Bonchev–Trinajstić information content (AvgIpc) is 2.55. The van der Waals surface area contributed by atoms with Crippen molar-refractivity contribution >= 4 is 0 Å². The molecule has 5 heteroatoms. The first kappa shape index (κ1) is 20.0. The Bertz CT molecular complexity index is 520. The fourth-order valence-electron chi connectivity index (χ4n) is 3.59. The van der Waals surface area contributed by atoms with Gasteiger partial charge in [0, 0.05) is 51.4 Å². The van der Waals surface area contributed by atoms with E-state index in [1.165, 1.54) is 5.56 Å². The predicted molar refractivity (Wildman–Crippen MR) is 101 cm³/mol. The van der Waals surface area contributed by atoms with Gasteiger partial charge in [0.05, 0.1) is 14.2 Å². The highest BCUT2D eigenvalue weighted by Crippen LogP contribution is 2.26. The fourth-order valence-corrected chi connectivity index (χ4v) is 3.59. The quantitative estimate of drug-likeness (QED) is 0.819. The van der Waals surface area contributed by atoms with Crippen LogP contribution in [0.15, 0.2) is 18.2 Å². The number of benzene rings is 1. The number of aliphatic hydroxyl groups excluding tert-OH is 1. The maximum Gasteiger partial charge on any atom is 0.122 e. The van der Waals surface area contributed by atoms with E-state index in [0.717, 1.165) is 50.6 Å². The summed E-state index contributed by atoms with van der Waals surface area (Å²) in [6, 6.07) is 6.41. The van der Waals surface area contributed by atoms with E-state index in [1.54, 1.807) is 14.2 Å². The van der Waals surface area contributed by atoms with Gasteiger partial charge in [-0.15, -0.1) is 0 Å². The molecule has 0 aromatic heterocycles. The lowest BCUT2D eigenvalue weighted by molar-refractivity contribution is 0.0381. The maximum atomic E-state index is 9.50. The van der Waals surface area contributed by atoms with Crippen molar-refractivity contribution in [3.63, 3.8) is 0 Å². The molecule has 1 aromatic rings. The van der Waals surface area contributed by atoms with Crippen molar-refractivity contribution in [2.24, 2.45) is 5.41 Å². The van der Waals surface area contributed by atoms with Crippen LogP contribution in [0.3, 0.4) is 0 Å². The third kappa shape index (κ3) is 6.17. The first-order chi connectivity index (χ1) is 11.8. The molecule has 1 saturated heterocycles. The second-order valence-corrected chi connectivity index (χ2v) is 8.15. The van der Waals surface area contributed by atoms with Gasteiger partial charge in [0.15, 0.2) is 0 Å². The van der Waals surface area contributed by atoms with Crippen LogP contribution in [0.2, 0.25) is 0 Å². The molecule has 1 heterocycles. The van der Waals surface area contributed by atoms with Gasteiger partial charge in [-0.2, -0.15) is 0 Å². The molecule has 1 aromatic carbocycles. The topological polar surface area (TPSA) is 45.2 Å². The molecule has 142 valence electrons. The Morgan fingerprint density at radius 3 is 2.24 bits per heavy atom. The van der Waals surface area contributed by atoms with Crippen molar-refractivity contribution < 1.29 is 14.6 Å². The van der Waals surface area contributed by atoms with Crippen LogP contribution in [0, 0.1) is 5.41 Å². The van der Waals surface area contributed by atoms with E-state index in [4.69, 9.17) is 9.47 Å². The van der Waals surface area contributed by atoms with E-state index in [2.05, 4.69) is 42.7 Å². The summed E-state index contributed by atoms with van der Waals surface area (Å²) in [4.78, 5) is 5.01. The Labute approximate surface area is 152 Å². The lowest BCUT2D eigenvalue weighted by Crippen LogP contribution is -2.54. The van der Waals surface area contributed by atoms with Gasteiger partial charge in [-0.3, -0.25) is 9.80 Å².